The van der Waals surface area contributed by atoms with E-state index in [0.717, 1.165) is 38.1 Å². The number of carbonyl (C=O) groups is 1. The van der Waals surface area contributed by atoms with E-state index in [9.17, 15) is 13.2 Å². The fourth-order valence-electron chi connectivity index (χ4n) is 4.42. The predicted octanol–water partition coefficient (Wildman–Crippen LogP) is 6.36. The largest absolute Gasteiger partial charge is 0.318 e. The third-order valence-corrected chi connectivity index (χ3v) is 8.39. The van der Waals surface area contributed by atoms with Crippen LogP contribution in [0.15, 0.2) is 82.8 Å². The van der Waals surface area contributed by atoms with E-state index in [2.05, 4.69) is 47.1 Å². The molecule has 0 aliphatic rings. The van der Waals surface area contributed by atoms with Crippen LogP contribution in [0.25, 0.3) is 5.69 Å². The van der Waals surface area contributed by atoms with Gasteiger partial charge in [-0.1, -0.05) is 35.3 Å². The molecule has 0 saturated heterocycles. The molecule has 0 bridgehead atoms. The summed E-state index contributed by atoms with van der Waals surface area (Å²) in [7, 11) is -4.11. The number of halogens is 2. The second kappa shape index (κ2) is 11.7. The number of rotatable bonds is 8. The minimum Gasteiger partial charge on any atom is -0.318 e. The smallest absolute Gasteiger partial charge is 0.264 e. The molecular weight excluding hydrogens is 555 g/mol. The van der Waals surface area contributed by atoms with Gasteiger partial charge in [-0.2, -0.15) is 5.10 Å². The standard InChI is InChI=1S/C29H28Cl2N4O3S/c1-19-12-20(2)14-27(13-19)35-21(3)15-23(22(35)4)17-32-33-29(36)18-34(26-7-5-6-25(31)16-26)39(37,38)28-10-8-24(30)9-11-28/h5-17H,18H2,1-4H3,(H,33,36)/b32-17-. The Kier molecular flexibility index (Phi) is 8.49. The molecule has 0 aliphatic heterocycles. The zero-order valence-corrected chi connectivity index (χ0v) is 24.3. The number of hydrogen-bond acceptors (Lipinski definition) is 4. The molecule has 1 heterocycles. The summed E-state index contributed by atoms with van der Waals surface area (Å²) in [6.45, 7) is 7.59. The van der Waals surface area contributed by atoms with Crippen LogP contribution >= 0.6 is 23.2 Å². The summed E-state index contributed by atoms with van der Waals surface area (Å²) in [6.07, 6.45) is 1.55. The number of amides is 1. The highest BCUT2D eigenvalue weighted by Crippen LogP contribution is 2.27. The van der Waals surface area contributed by atoms with Crippen LogP contribution in [0.3, 0.4) is 0 Å². The molecule has 0 fully saturated rings. The first-order valence-corrected chi connectivity index (χ1v) is 14.3. The highest BCUT2D eigenvalue weighted by molar-refractivity contribution is 7.92. The summed E-state index contributed by atoms with van der Waals surface area (Å²) < 4.78 is 30.1. The van der Waals surface area contributed by atoms with Crippen LogP contribution in [0, 0.1) is 27.7 Å². The van der Waals surface area contributed by atoms with Gasteiger partial charge < -0.3 is 4.57 Å². The summed E-state index contributed by atoms with van der Waals surface area (Å²) >= 11 is 12.1. The Morgan fingerprint density at radius 1 is 0.923 bits per heavy atom. The molecule has 0 spiro atoms. The van der Waals surface area contributed by atoms with Gasteiger partial charge in [0.05, 0.1) is 16.8 Å². The average Bonchev–Trinajstić information content (AvgIpc) is 3.14. The van der Waals surface area contributed by atoms with Crippen LogP contribution in [-0.4, -0.2) is 31.7 Å². The monoisotopic (exact) mass is 582 g/mol. The van der Waals surface area contributed by atoms with Crippen molar-refractivity contribution in [1.29, 1.82) is 0 Å². The Hall–Kier alpha value is -3.59. The van der Waals surface area contributed by atoms with E-state index in [1.54, 1.807) is 24.4 Å². The van der Waals surface area contributed by atoms with Gasteiger partial charge >= 0.3 is 0 Å². The molecule has 0 atom stereocenters. The maximum atomic E-state index is 13.5. The van der Waals surface area contributed by atoms with Crippen molar-refractivity contribution in [2.75, 3.05) is 10.8 Å². The second-order valence-electron chi connectivity index (χ2n) is 9.25. The average molecular weight is 584 g/mol. The molecule has 0 aliphatic carbocycles. The van der Waals surface area contributed by atoms with E-state index in [0.29, 0.717) is 10.0 Å². The Labute approximate surface area is 238 Å². The number of anilines is 1. The lowest BCUT2D eigenvalue weighted by Crippen LogP contribution is -2.39. The molecule has 0 saturated carbocycles. The second-order valence-corrected chi connectivity index (χ2v) is 12.0. The van der Waals surface area contributed by atoms with Crippen molar-refractivity contribution < 1.29 is 13.2 Å². The van der Waals surface area contributed by atoms with Crippen LogP contribution in [0.2, 0.25) is 10.0 Å². The lowest BCUT2D eigenvalue weighted by atomic mass is 10.1. The van der Waals surface area contributed by atoms with Crippen LogP contribution in [0.1, 0.15) is 28.1 Å². The number of hydrazone groups is 1. The number of aromatic nitrogens is 1. The van der Waals surface area contributed by atoms with Crippen LogP contribution in [-0.2, 0) is 14.8 Å². The van der Waals surface area contributed by atoms with Gasteiger partial charge in [-0.25, -0.2) is 13.8 Å². The first kappa shape index (κ1) is 28.4. The highest BCUT2D eigenvalue weighted by Gasteiger charge is 2.27. The van der Waals surface area contributed by atoms with Crippen molar-refractivity contribution >= 4 is 51.0 Å². The van der Waals surface area contributed by atoms with Gasteiger partial charge in [-0.05, 0) is 99.5 Å². The zero-order valence-electron chi connectivity index (χ0n) is 21.9. The Bertz CT molecular complexity index is 1640. The number of sulfonamides is 1. The Balaban J connectivity index is 1.56. The fraction of sp³-hybridized carbons (Fsp3) is 0.172. The van der Waals surface area contributed by atoms with E-state index in [4.69, 9.17) is 23.2 Å². The van der Waals surface area contributed by atoms with Gasteiger partial charge in [0.15, 0.2) is 0 Å². The molecule has 4 rings (SSSR count). The molecule has 202 valence electrons. The van der Waals surface area contributed by atoms with Gasteiger partial charge in [-0.15, -0.1) is 0 Å². The van der Waals surface area contributed by atoms with Crippen molar-refractivity contribution in [3.8, 4) is 5.69 Å². The summed E-state index contributed by atoms with van der Waals surface area (Å²) in [6, 6.07) is 20.3. The predicted molar refractivity (Wildman–Crippen MR) is 158 cm³/mol. The lowest BCUT2D eigenvalue weighted by molar-refractivity contribution is -0.119. The first-order valence-electron chi connectivity index (χ1n) is 12.1. The number of nitrogens with one attached hydrogen (secondary N) is 1. The van der Waals surface area contributed by atoms with Crippen molar-refractivity contribution in [3.63, 3.8) is 0 Å². The topological polar surface area (TPSA) is 83.8 Å². The Morgan fingerprint density at radius 2 is 1.59 bits per heavy atom. The van der Waals surface area contributed by atoms with Gasteiger partial charge in [0.2, 0.25) is 0 Å². The SMILES string of the molecule is Cc1cc(C)cc(-n2c(C)cc(/C=N\NC(=O)CN(c3cccc(Cl)c3)S(=O)(=O)c3ccc(Cl)cc3)c2C)c1. The number of carbonyl (C=O) groups excluding carboxylic acids is 1. The number of nitrogens with zero attached hydrogens (tertiary/aromatic N) is 3. The maximum absolute atomic E-state index is 13.5. The quantitative estimate of drug-likeness (QED) is 0.194. The van der Waals surface area contributed by atoms with E-state index in [1.165, 1.54) is 30.3 Å². The van der Waals surface area contributed by atoms with E-state index < -0.39 is 22.5 Å². The number of benzene rings is 3. The summed E-state index contributed by atoms with van der Waals surface area (Å²) in [5, 5.41) is 4.84. The first-order chi connectivity index (χ1) is 18.5. The van der Waals surface area contributed by atoms with Crippen LogP contribution in [0.5, 0.6) is 0 Å². The van der Waals surface area contributed by atoms with Crippen LogP contribution < -0.4 is 9.73 Å². The molecule has 4 aromatic rings. The van der Waals surface area contributed by atoms with Crippen molar-refractivity contribution in [1.82, 2.24) is 9.99 Å². The van der Waals surface area contributed by atoms with Gasteiger partial charge in [0.25, 0.3) is 15.9 Å². The van der Waals surface area contributed by atoms with Gasteiger partial charge in [-0.3, -0.25) is 9.10 Å². The maximum Gasteiger partial charge on any atom is 0.264 e. The fourth-order valence-corrected chi connectivity index (χ4v) is 6.14. The molecule has 1 N–H and O–H groups in total. The van der Waals surface area contributed by atoms with Crippen LogP contribution in [0.4, 0.5) is 5.69 Å². The van der Waals surface area contributed by atoms with Crippen molar-refractivity contribution in [3.05, 3.63) is 111 Å². The molecule has 39 heavy (non-hydrogen) atoms. The lowest BCUT2D eigenvalue weighted by Gasteiger charge is -2.23. The highest BCUT2D eigenvalue weighted by atomic mass is 35.5. The van der Waals surface area contributed by atoms with Crippen molar-refractivity contribution in [2.24, 2.45) is 5.10 Å². The van der Waals surface area contributed by atoms with Crippen molar-refractivity contribution in [2.45, 2.75) is 32.6 Å². The molecule has 1 aromatic heterocycles. The van der Waals surface area contributed by atoms with Gasteiger partial charge in [0.1, 0.15) is 6.54 Å². The molecule has 7 nitrogen and oxygen atoms in total. The summed E-state index contributed by atoms with van der Waals surface area (Å²) in [5.74, 6) is -0.619. The third kappa shape index (κ3) is 6.53. The summed E-state index contributed by atoms with van der Waals surface area (Å²) in [4.78, 5) is 12.9. The molecule has 3 aromatic carbocycles. The van der Waals surface area contributed by atoms with Gasteiger partial charge in [0, 0.05) is 32.7 Å². The molecule has 0 radical (unpaired) electrons. The van der Waals surface area contributed by atoms with E-state index >= 15 is 0 Å². The minimum atomic E-state index is -4.11. The number of aryl methyl sites for hydroxylation is 3. The Morgan fingerprint density at radius 3 is 2.23 bits per heavy atom. The molecule has 1 amide bonds. The number of hydrogen-bond donors (Lipinski definition) is 1. The minimum absolute atomic E-state index is 0.0120. The zero-order chi connectivity index (χ0) is 28.3. The third-order valence-electron chi connectivity index (χ3n) is 6.11. The molecule has 10 heteroatoms. The summed E-state index contributed by atoms with van der Waals surface area (Å²) in [5.41, 5.74) is 8.88. The molecular formula is C29H28Cl2N4O3S. The van der Waals surface area contributed by atoms with E-state index in [1.807, 2.05) is 19.9 Å². The molecule has 0 unspecified atom stereocenters. The van der Waals surface area contributed by atoms with E-state index in [-0.39, 0.29) is 10.6 Å². The normalized spacial score (nSPS) is 11.6.